The number of amides is 1. The lowest BCUT2D eigenvalue weighted by Gasteiger charge is -2.22. The van der Waals surface area contributed by atoms with Crippen molar-refractivity contribution < 1.29 is 13.2 Å². The first-order valence-electron chi connectivity index (χ1n) is 8.27. The summed E-state index contributed by atoms with van der Waals surface area (Å²) >= 11 is 0. The number of rotatable bonds is 8. The van der Waals surface area contributed by atoms with Crippen LogP contribution in [0.3, 0.4) is 0 Å². The minimum atomic E-state index is -3.54. The first-order chi connectivity index (χ1) is 11.9. The van der Waals surface area contributed by atoms with Crippen molar-refractivity contribution in [3.63, 3.8) is 0 Å². The molecule has 0 atom stereocenters. The average Bonchev–Trinajstić information content (AvgIpc) is 2.60. The van der Waals surface area contributed by atoms with Crippen LogP contribution < -0.4 is 9.62 Å². The normalized spacial score (nSPS) is 11.1. The highest BCUT2D eigenvalue weighted by molar-refractivity contribution is 7.92. The van der Waals surface area contributed by atoms with E-state index in [2.05, 4.69) is 5.32 Å². The zero-order valence-electron chi connectivity index (χ0n) is 14.6. The maximum Gasteiger partial charge on any atom is 0.240 e. The molecule has 6 heteroatoms. The van der Waals surface area contributed by atoms with Crippen molar-refractivity contribution in [3.8, 4) is 0 Å². The van der Waals surface area contributed by atoms with E-state index in [1.54, 1.807) is 12.1 Å². The number of nitrogens with one attached hydrogen (secondary N) is 1. The van der Waals surface area contributed by atoms with Gasteiger partial charge in [0.05, 0.1) is 11.9 Å². The molecule has 0 aliphatic carbocycles. The topological polar surface area (TPSA) is 66.5 Å². The Morgan fingerprint density at radius 2 is 1.64 bits per heavy atom. The fraction of sp³-hybridized carbons (Fsp3) is 0.316. The Morgan fingerprint density at radius 1 is 1.00 bits per heavy atom. The maximum atomic E-state index is 12.2. The lowest BCUT2D eigenvalue weighted by molar-refractivity contribution is -0.119. The summed E-state index contributed by atoms with van der Waals surface area (Å²) in [6, 6.07) is 17.0. The molecule has 0 unspecified atom stereocenters. The second-order valence-electron chi connectivity index (χ2n) is 5.88. The lowest BCUT2D eigenvalue weighted by atomic mass is 10.1. The summed E-state index contributed by atoms with van der Waals surface area (Å²) in [7, 11) is -3.54. The van der Waals surface area contributed by atoms with Crippen molar-refractivity contribution >= 4 is 21.6 Å². The summed E-state index contributed by atoms with van der Waals surface area (Å²) in [5.74, 6) is -0.319. The number of hydrogen-bond donors (Lipinski definition) is 1. The highest BCUT2D eigenvalue weighted by Gasteiger charge is 2.20. The Hall–Kier alpha value is -2.34. The van der Waals surface area contributed by atoms with Crippen molar-refractivity contribution in [3.05, 3.63) is 65.7 Å². The van der Waals surface area contributed by atoms with E-state index in [0.717, 1.165) is 28.1 Å². The van der Waals surface area contributed by atoms with Gasteiger partial charge in [0, 0.05) is 6.54 Å². The Labute approximate surface area is 149 Å². The van der Waals surface area contributed by atoms with Crippen LogP contribution in [0.4, 0.5) is 5.69 Å². The van der Waals surface area contributed by atoms with Gasteiger partial charge in [-0.05, 0) is 36.1 Å². The van der Waals surface area contributed by atoms with Crippen LogP contribution in [-0.2, 0) is 27.7 Å². The molecule has 0 aromatic heterocycles. The quantitative estimate of drug-likeness (QED) is 0.786. The molecule has 5 nitrogen and oxygen atoms in total. The van der Waals surface area contributed by atoms with Crippen molar-refractivity contribution in [2.24, 2.45) is 0 Å². The molecule has 0 aliphatic heterocycles. The number of benzene rings is 2. The number of anilines is 1. The number of nitrogens with zero attached hydrogens (tertiary/aromatic N) is 1. The van der Waals surface area contributed by atoms with E-state index in [1.807, 2.05) is 49.4 Å². The molecule has 2 rings (SSSR count). The van der Waals surface area contributed by atoms with Crippen LogP contribution in [0.1, 0.15) is 18.1 Å². The zero-order valence-corrected chi connectivity index (χ0v) is 15.4. The Bertz CT molecular complexity index is 787. The van der Waals surface area contributed by atoms with Crippen molar-refractivity contribution in [1.82, 2.24) is 5.32 Å². The molecule has 1 N–H and O–H groups in total. The van der Waals surface area contributed by atoms with Gasteiger partial charge in [-0.25, -0.2) is 8.42 Å². The number of aryl methyl sites for hydroxylation is 1. The van der Waals surface area contributed by atoms with Crippen molar-refractivity contribution in [2.45, 2.75) is 19.8 Å². The second kappa shape index (κ2) is 8.67. The molecule has 2 aromatic rings. The van der Waals surface area contributed by atoms with Gasteiger partial charge < -0.3 is 5.32 Å². The summed E-state index contributed by atoms with van der Waals surface area (Å²) in [6.07, 6.45) is 2.69. The van der Waals surface area contributed by atoms with E-state index in [9.17, 15) is 13.2 Å². The Kier molecular flexibility index (Phi) is 6.58. The van der Waals surface area contributed by atoms with E-state index < -0.39 is 10.0 Å². The van der Waals surface area contributed by atoms with Crippen LogP contribution in [0.2, 0.25) is 0 Å². The predicted octanol–water partition coefficient (Wildman–Crippen LogP) is 2.37. The molecule has 0 bridgehead atoms. The second-order valence-corrected chi connectivity index (χ2v) is 7.78. The van der Waals surface area contributed by atoms with Gasteiger partial charge in [0.15, 0.2) is 0 Å². The fourth-order valence-electron chi connectivity index (χ4n) is 2.48. The van der Waals surface area contributed by atoms with Crippen LogP contribution in [0.25, 0.3) is 0 Å². The third kappa shape index (κ3) is 5.90. The minimum Gasteiger partial charge on any atom is -0.354 e. The van der Waals surface area contributed by atoms with E-state index >= 15 is 0 Å². The maximum absolute atomic E-state index is 12.2. The van der Waals surface area contributed by atoms with Gasteiger partial charge in [-0.2, -0.15) is 0 Å². The van der Waals surface area contributed by atoms with Gasteiger partial charge >= 0.3 is 0 Å². The summed E-state index contributed by atoms with van der Waals surface area (Å²) in [5.41, 5.74) is 2.74. The van der Waals surface area contributed by atoms with Crippen molar-refractivity contribution in [1.29, 1.82) is 0 Å². The molecule has 2 aromatic carbocycles. The number of sulfonamides is 1. The van der Waals surface area contributed by atoms with E-state index in [1.165, 1.54) is 0 Å². The summed E-state index contributed by atoms with van der Waals surface area (Å²) in [5, 5.41) is 2.78. The first kappa shape index (κ1) is 19.0. The molecule has 0 heterocycles. The Balaban J connectivity index is 1.98. The molecule has 0 saturated carbocycles. The SMILES string of the molecule is CCc1ccc(N(CC(=O)NCCc2ccccc2)S(C)(=O)=O)cc1. The zero-order chi connectivity index (χ0) is 18.3. The lowest BCUT2D eigenvalue weighted by Crippen LogP contribution is -2.40. The van der Waals surface area contributed by atoms with Gasteiger partial charge in [-0.3, -0.25) is 9.10 Å². The highest BCUT2D eigenvalue weighted by Crippen LogP contribution is 2.18. The molecule has 0 fully saturated rings. The van der Waals surface area contributed by atoms with Gasteiger partial charge in [0.25, 0.3) is 0 Å². The van der Waals surface area contributed by atoms with Crippen molar-refractivity contribution in [2.75, 3.05) is 23.7 Å². The highest BCUT2D eigenvalue weighted by atomic mass is 32.2. The molecule has 134 valence electrons. The molecular weight excluding hydrogens is 336 g/mol. The van der Waals surface area contributed by atoms with Gasteiger partial charge in [-0.15, -0.1) is 0 Å². The molecule has 1 amide bonds. The molecule has 25 heavy (non-hydrogen) atoms. The van der Waals surface area contributed by atoms with Gasteiger partial charge in [0.1, 0.15) is 6.54 Å². The Morgan fingerprint density at radius 3 is 2.20 bits per heavy atom. The van der Waals surface area contributed by atoms with Gasteiger partial charge in [0.2, 0.25) is 15.9 Å². The average molecular weight is 360 g/mol. The number of carbonyl (C=O) groups is 1. The largest absolute Gasteiger partial charge is 0.354 e. The molecule has 0 radical (unpaired) electrons. The van der Waals surface area contributed by atoms with E-state index in [4.69, 9.17) is 0 Å². The standard InChI is InChI=1S/C19H24N2O3S/c1-3-16-9-11-18(12-10-16)21(25(2,23)24)15-19(22)20-14-13-17-7-5-4-6-8-17/h4-12H,3,13-15H2,1-2H3,(H,20,22). The van der Waals surface area contributed by atoms with Crippen LogP contribution >= 0.6 is 0 Å². The van der Waals surface area contributed by atoms with Crippen LogP contribution in [0, 0.1) is 0 Å². The molecule has 0 spiro atoms. The smallest absolute Gasteiger partial charge is 0.240 e. The van der Waals surface area contributed by atoms with Crippen LogP contribution in [-0.4, -0.2) is 33.7 Å². The fourth-order valence-corrected chi connectivity index (χ4v) is 3.33. The summed E-state index contributed by atoms with van der Waals surface area (Å²) < 4.78 is 25.3. The van der Waals surface area contributed by atoms with E-state index in [0.29, 0.717) is 18.7 Å². The molecular formula is C19H24N2O3S. The third-order valence-electron chi connectivity index (χ3n) is 3.90. The summed E-state index contributed by atoms with van der Waals surface area (Å²) in [4.78, 5) is 12.2. The van der Waals surface area contributed by atoms with Crippen LogP contribution in [0.15, 0.2) is 54.6 Å². The molecule has 0 aliphatic rings. The monoisotopic (exact) mass is 360 g/mol. The summed E-state index contributed by atoms with van der Waals surface area (Å²) in [6.45, 7) is 2.28. The molecule has 0 saturated heterocycles. The first-order valence-corrected chi connectivity index (χ1v) is 10.1. The third-order valence-corrected chi connectivity index (χ3v) is 5.04. The minimum absolute atomic E-state index is 0.223. The van der Waals surface area contributed by atoms with E-state index in [-0.39, 0.29) is 12.5 Å². The predicted molar refractivity (Wildman–Crippen MR) is 101 cm³/mol. The van der Waals surface area contributed by atoms with Crippen LogP contribution in [0.5, 0.6) is 0 Å². The number of hydrogen-bond acceptors (Lipinski definition) is 3. The van der Waals surface area contributed by atoms with Gasteiger partial charge in [-0.1, -0.05) is 49.4 Å². The number of carbonyl (C=O) groups excluding carboxylic acids is 1.